The Kier molecular flexibility index (Phi) is 11.4. The number of hydrogen-bond acceptors (Lipinski definition) is 8. The summed E-state index contributed by atoms with van der Waals surface area (Å²) in [4.78, 5) is 61.1. The Bertz CT molecular complexity index is 1310. The molecular weight excluding hydrogens is 532 g/mol. The van der Waals surface area contributed by atoms with E-state index in [9.17, 15) is 29.4 Å². The number of nitrogens with one attached hydrogen (secondary N) is 5. The molecule has 3 amide bonds. The van der Waals surface area contributed by atoms with Gasteiger partial charge in [0, 0.05) is 41.8 Å². The second-order valence-electron chi connectivity index (χ2n) is 9.92. The maximum atomic E-state index is 13.5. The Morgan fingerprint density at radius 1 is 0.976 bits per heavy atom. The van der Waals surface area contributed by atoms with Gasteiger partial charge in [0.25, 0.3) is 0 Å². The maximum Gasteiger partial charge on any atom is 0.326 e. The van der Waals surface area contributed by atoms with Gasteiger partial charge in [0.1, 0.15) is 18.1 Å². The maximum absolute atomic E-state index is 13.5. The summed E-state index contributed by atoms with van der Waals surface area (Å²) in [6.45, 7) is 1.67. The molecule has 0 fully saturated rings. The number of nitrogens with two attached hydrogens (primary N) is 2. The average molecular weight is 571 g/mol. The lowest BCUT2D eigenvalue weighted by molar-refractivity contribution is -0.143. The molecule has 0 spiro atoms. The van der Waals surface area contributed by atoms with Crippen LogP contribution in [0.4, 0.5) is 0 Å². The van der Waals surface area contributed by atoms with Crippen molar-refractivity contribution in [2.75, 3.05) is 6.54 Å². The number of aromatic amines is 2. The lowest BCUT2D eigenvalue weighted by atomic mass is 10.0. The predicted molar refractivity (Wildman–Crippen MR) is 150 cm³/mol. The fourth-order valence-electron chi connectivity index (χ4n) is 4.41. The molecule has 1 aromatic carbocycles. The first-order valence-electron chi connectivity index (χ1n) is 13.4. The lowest BCUT2D eigenvalue weighted by Crippen LogP contribution is -2.60. The number of carbonyl (C=O) groups excluding carboxylic acids is 3. The minimum Gasteiger partial charge on any atom is -0.480 e. The molecule has 2 aromatic heterocycles. The molecule has 11 N–H and O–H groups in total. The molecule has 14 heteroatoms. The van der Waals surface area contributed by atoms with E-state index < -0.39 is 54.0 Å². The van der Waals surface area contributed by atoms with Crippen molar-refractivity contribution in [2.24, 2.45) is 11.5 Å². The number of H-pyrrole nitrogens is 2. The van der Waals surface area contributed by atoms with Crippen LogP contribution in [0.1, 0.15) is 37.4 Å². The fourth-order valence-corrected chi connectivity index (χ4v) is 4.41. The fraction of sp³-hybridized carbons (Fsp3) is 0.444. The van der Waals surface area contributed by atoms with Crippen LogP contribution in [-0.4, -0.2) is 85.7 Å². The predicted octanol–water partition coefficient (Wildman–Crippen LogP) is -0.948. The number of hydrogen-bond donors (Lipinski definition) is 9. The molecule has 222 valence electrons. The molecular formula is C27H38N8O6. The number of benzene rings is 1. The molecule has 5 atom stereocenters. The molecule has 5 unspecified atom stereocenters. The van der Waals surface area contributed by atoms with Gasteiger partial charge in [-0.1, -0.05) is 18.2 Å². The van der Waals surface area contributed by atoms with Gasteiger partial charge in [-0.3, -0.25) is 14.4 Å². The third-order valence-corrected chi connectivity index (χ3v) is 6.69. The minimum atomic E-state index is -1.49. The van der Waals surface area contributed by atoms with E-state index in [1.54, 1.807) is 6.20 Å². The number of aliphatic hydroxyl groups excluding tert-OH is 1. The highest BCUT2D eigenvalue weighted by atomic mass is 16.4. The average Bonchev–Trinajstić information content (AvgIpc) is 3.60. The highest BCUT2D eigenvalue weighted by Crippen LogP contribution is 2.19. The Labute approximate surface area is 236 Å². The summed E-state index contributed by atoms with van der Waals surface area (Å²) >= 11 is 0. The number of imidazole rings is 1. The molecule has 2 heterocycles. The van der Waals surface area contributed by atoms with Crippen LogP contribution >= 0.6 is 0 Å². The van der Waals surface area contributed by atoms with Crippen molar-refractivity contribution in [3.05, 3.63) is 54.2 Å². The number of aromatic nitrogens is 3. The zero-order valence-electron chi connectivity index (χ0n) is 22.8. The number of fused-ring (bicyclic) bond motifs is 1. The zero-order chi connectivity index (χ0) is 29.9. The molecule has 3 aromatic rings. The van der Waals surface area contributed by atoms with E-state index in [-0.39, 0.29) is 19.3 Å². The molecule has 0 radical (unpaired) electrons. The number of nitrogens with zero attached hydrogens (tertiary/aromatic N) is 1. The summed E-state index contributed by atoms with van der Waals surface area (Å²) in [5.41, 5.74) is 13.8. The summed E-state index contributed by atoms with van der Waals surface area (Å²) < 4.78 is 0. The van der Waals surface area contributed by atoms with Crippen LogP contribution in [0.15, 0.2) is 43.0 Å². The topological polar surface area (TPSA) is 241 Å². The van der Waals surface area contributed by atoms with E-state index >= 15 is 0 Å². The van der Waals surface area contributed by atoms with Gasteiger partial charge < -0.3 is 47.6 Å². The van der Waals surface area contributed by atoms with Gasteiger partial charge >= 0.3 is 5.97 Å². The zero-order valence-corrected chi connectivity index (χ0v) is 22.8. The van der Waals surface area contributed by atoms with E-state index in [0.29, 0.717) is 25.1 Å². The highest BCUT2D eigenvalue weighted by molar-refractivity contribution is 5.95. The van der Waals surface area contributed by atoms with Gasteiger partial charge in [0.15, 0.2) is 0 Å². The first-order chi connectivity index (χ1) is 19.6. The van der Waals surface area contributed by atoms with E-state index in [1.165, 1.54) is 19.4 Å². The Morgan fingerprint density at radius 3 is 2.37 bits per heavy atom. The summed E-state index contributed by atoms with van der Waals surface area (Å²) in [7, 11) is 0. The van der Waals surface area contributed by atoms with E-state index in [1.807, 2.05) is 24.3 Å². The van der Waals surface area contributed by atoms with Crippen LogP contribution in [-0.2, 0) is 32.0 Å². The largest absolute Gasteiger partial charge is 0.480 e. The molecule has 41 heavy (non-hydrogen) atoms. The molecule has 0 aliphatic rings. The van der Waals surface area contributed by atoms with Crippen molar-refractivity contribution in [1.82, 2.24) is 30.9 Å². The molecule has 0 saturated heterocycles. The monoisotopic (exact) mass is 570 g/mol. The second-order valence-corrected chi connectivity index (χ2v) is 9.92. The van der Waals surface area contributed by atoms with Gasteiger partial charge in [0.05, 0.1) is 18.5 Å². The normalized spacial score (nSPS) is 14.9. The van der Waals surface area contributed by atoms with Gasteiger partial charge in [-0.2, -0.15) is 0 Å². The Hall–Kier alpha value is -4.27. The highest BCUT2D eigenvalue weighted by Gasteiger charge is 2.33. The van der Waals surface area contributed by atoms with Crippen molar-refractivity contribution >= 4 is 34.6 Å². The molecule has 0 aliphatic carbocycles. The number of unbranched alkanes of at least 4 members (excludes halogenated alkanes) is 1. The van der Waals surface area contributed by atoms with Crippen LogP contribution in [0.5, 0.6) is 0 Å². The third-order valence-electron chi connectivity index (χ3n) is 6.69. The number of amides is 3. The van der Waals surface area contributed by atoms with E-state index in [4.69, 9.17) is 11.5 Å². The van der Waals surface area contributed by atoms with Crippen LogP contribution in [0.3, 0.4) is 0 Å². The number of carbonyl (C=O) groups is 4. The molecule has 0 bridgehead atoms. The van der Waals surface area contributed by atoms with Crippen LogP contribution in [0.25, 0.3) is 10.9 Å². The lowest BCUT2D eigenvalue weighted by Gasteiger charge is -2.26. The van der Waals surface area contributed by atoms with E-state index in [0.717, 1.165) is 16.5 Å². The van der Waals surface area contributed by atoms with Crippen molar-refractivity contribution in [2.45, 2.75) is 69.3 Å². The first kappa shape index (κ1) is 31.3. The van der Waals surface area contributed by atoms with Crippen LogP contribution in [0, 0.1) is 0 Å². The van der Waals surface area contributed by atoms with Gasteiger partial charge in [0.2, 0.25) is 17.7 Å². The number of aliphatic carboxylic acids is 1. The second kappa shape index (κ2) is 14.9. The number of carboxylic acids is 1. The summed E-state index contributed by atoms with van der Waals surface area (Å²) in [5.74, 6) is -3.49. The summed E-state index contributed by atoms with van der Waals surface area (Å²) in [6.07, 6.45) is 4.72. The Balaban J connectivity index is 1.78. The van der Waals surface area contributed by atoms with Crippen LogP contribution in [0.2, 0.25) is 0 Å². The quantitative estimate of drug-likeness (QED) is 0.0963. The summed E-state index contributed by atoms with van der Waals surface area (Å²) in [5, 5.41) is 28.2. The number of rotatable bonds is 16. The third kappa shape index (κ3) is 8.86. The van der Waals surface area contributed by atoms with E-state index in [2.05, 4.69) is 30.9 Å². The van der Waals surface area contributed by atoms with Crippen molar-refractivity contribution in [3.63, 3.8) is 0 Å². The smallest absolute Gasteiger partial charge is 0.326 e. The van der Waals surface area contributed by atoms with Crippen molar-refractivity contribution < 1.29 is 29.4 Å². The van der Waals surface area contributed by atoms with Gasteiger partial charge in [-0.25, -0.2) is 9.78 Å². The van der Waals surface area contributed by atoms with Gasteiger partial charge in [-0.15, -0.1) is 0 Å². The number of para-hydroxylation sites is 1. The minimum absolute atomic E-state index is 0.0450. The number of aliphatic hydroxyl groups is 1. The first-order valence-corrected chi connectivity index (χ1v) is 13.4. The Morgan fingerprint density at radius 2 is 1.71 bits per heavy atom. The van der Waals surface area contributed by atoms with Crippen molar-refractivity contribution in [1.29, 1.82) is 0 Å². The van der Waals surface area contributed by atoms with Gasteiger partial charge in [-0.05, 0) is 44.4 Å². The van der Waals surface area contributed by atoms with Crippen molar-refractivity contribution in [3.8, 4) is 0 Å². The number of carboxylic acid groups (broad SMARTS) is 1. The van der Waals surface area contributed by atoms with Crippen LogP contribution < -0.4 is 27.4 Å². The standard InChI is InChI=1S/C27H38N8O6/c1-15(36)23(26(39)33-21(27(40)41)8-4-5-9-28)35-25(38)22(10-16-12-31-20-7-3-2-6-18(16)20)34-24(37)19(29)11-17-13-30-14-32-17/h2-3,6-7,12-15,19,21-23,31,36H,4-5,8-11,28-29H2,1H3,(H,30,32)(H,33,39)(H,34,37)(H,35,38)(H,40,41). The summed E-state index contributed by atoms with van der Waals surface area (Å²) in [6, 6.07) is 2.54. The molecule has 3 rings (SSSR count). The molecule has 0 aliphatic heterocycles. The molecule has 0 saturated carbocycles. The SMILES string of the molecule is CC(O)C(NC(=O)C(Cc1c[nH]c2ccccc12)NC(=O)C(N)Cc1cnc[nH]1)C(=O)NC(CCCCN)C(=O)O. The molecule has 14 nitrogen and oxygen atoms in total.